The molecule has 3 nitrogen and oxygen atoms in total. The molecule has 3 heteroatoms. The number of nitrogens with zero attached hydrogens (tertiary/aromatic N) is 1. The molecule has 0 aliphatic rings. The Balaban J connectivity index is 3.18. The predicted octanol–water partition coefficient (Wildman–Crippen LogP) is 1.57. The minimum absolute atomic E-state index is 0.323. The molecule has 0 atom stereocenters. The second-order valence-electron chi connectivity index (χ2n) is 3.07. The molecular weight excluding hydrogens is 190 g/mol. The second kappa shape index (κ2) is 4.43. The summed E-state index contributed by atoms with van der Waals surface area (Å²) in [7, 11) is 0. The van der Waals surface area contributed by atoms with E-state index in [9.17, 15) is 9.59 Å². The van der Waals surface area contributed by atoms with Crippen LogP contribution in [0.2, 0.25) is 0 Å². The van der Waals surface area contributed by atoms with Gasteiger partial charge in [-0.05, 0) is 18.2 Å². The van der Waals surface area contributed by atoms with Gasteiger partial charge in [-0.3, -0.25) is 14.5 Å². The highest BCUT2D eigenvalue weighted by Gasteiger charge is 2.15. The zero-order valence-electron chi connectivity index (χ0n) is 8.65. The molecule has 1 aromatic rings. The van der Waals surface area contributed by atoms with Crippen LogP contribution in [-0.4, -0.2) is 11.8 Å². The van der Waals surface area contributed by atoms with Gasteiger partial charge in [-0.15, -0.1) is 6.42 Å². The number of imide groups is 1. The third kappa shape index (κ3) is 2.44. The number of hydrogen-bond donors (Lipinski definition) is 0. The van der Waals surface area contributed by atoms with E-state index in [0.29, 0.717) is 11.3 Å². The maximum atomic E-state index is 11.2. The van der Waals surface area contributed by atoms with Crippen LogP contribution in [0, 0.1) is 12.3 Å². The molecule has 2 amide bonds. The van der Waals surface area contributed by atoms with Gasteiger partial charge in [0.2, 0.25) is 11.8 Å². The SMILES string of the molecule is C#Cc1cccc(N(C(C)=O)C(C)=O)c1. The third-order valence-electron chi connectivity index (χ3n) is 1.90. The monoisotopic (exact) mass is 201 g/mol. The molecule has 0 aliphatic carbocycles. The summed E-state index contributed by atoms with van der Waals surface area (Å²) in [4.78, 5) is 23.6. The van der Waals surface area contributed by atoms with Crippen molar-refractivity contribution in [2.45, 2.75) is 13.8 Å². The number of rotatable bonds is 1. The summed E-state index contributed by atoms with van der Waals surface area (Å²) in [5.41, 5.74) is 1.14. The number of carbonyl (C=O) groups excluding carboxylic acids is 2. The third-order valence-corrected chi connectivity index (χ3v) is 1.90. The molecule has 0 aromatic heterocycles. The van der Waals surface area contributed by atoms with E-state index in [1.165, 1.54) is 13.8 Å². The van der Waals surface area contributed by atoms with Crippen molar-refractivity contribution in [1.29, 1.82) is 0 Å². The molecule has 0 radical (unpaired) electrons. The molecule has 15 heavy (non-hydrogen) atoms. The largest absolute Gasteiger partial charge is 0.274 e. The Hall–Kier alpha value is -2.08. The Bertz CT molecular complexity index is 429. The fourth-order valence-corrected chi connectivity index (χ4v) is 1.32. The van der Waals surface area contributed by atoms with Crippen LogP contribution in [0.25, 0.3) is 0 Å². The quantitative estimate of drug-likeness (QED) is 0.647. The Morgan fingerprint density at radius 1 is 1.27 bits per heavy atom. The Morgan fingerprint density at radius 2 is 1.87 bits per heavy atom. The van der Waals surface area contributed by atoms with Crippen LogP contribution >= 0.6 is 0 Å². The minimum atomic E-state index is -0.323. The van der Waals surface area contributed by atoms with Gasteiger partial charge in [-0.1, -0.05) is 12.0 Å². The van der Waals surface area contributed by atoms with Gasteiger partial charge in [0, 0.05) is 19.4 Å². The van der Waals surface area contributed by atoms with E-state index in [4.69, 9.17) is 6.42 Å². The number of carbonyl (C=O) groups is 2. The van der Waals surface area contributed by atoms with Gasteiger partial charge in [-0.25, -0.2) is 0 Å². The van der Waals surface area contributed by atoms with Crippen molar-refractivity contribution < 1.29 is 9.59 Å². The van der Waals surface area contributed by atoms with E-state index < -0.39 is 0 Å². The number of terminal acetylenes is 1. The number of anilines is 1. The molecule has 0 bridgehead atoms. The lowest BCUT2D eigenvalue weighted by atomic mass is 10.2. The maximum absolute atomic E-state index is 11.2. The fourth-order valence-electron chi connectivity index (χ4n) is 1.32. The van der Waals surface area contributed by atoms with E-state index in [1.807, 2.05) is 0 Å². The average molecular weight is 201 g/mol. The van der Waals surface area contributed by atoms with Crippen molar-refractivity contribution in [1.82, 2.24) is 0 Å². The lowest BCUT2D eigenvalue weighted by Gasteiger charge is -2.17. The summed E-state index contributed by atoms with van der Waals surface area (Å²) in [6.45, 7) is 2.67. The van der Waals surface area contributed by atoms with Gasteiger partial charge in [-0.2, -0.15) is 0 Å². The van der Waals surface area contributed by atoms with Gasteiger partial charge < -0.3 is 0 Å². The summed E-state index contributed by atoms with van der Waals surface area (Å²) >= 11 is 0. The van der Waals surface area contributed by atoms with Crippen LogP contribution in [0.3, 0.4) is 0 Å². The maximum Gasteiger partial charge on any atom is 0.230 e. The first kappa shape index (κ1) is 11.0. The molecule has 0 saturated heterocycles. The topological polar surface area (TPSA) is 37.4 Å². The van der Waals surface area contributed by atoms with Crippen molar-refractivity contribution in [3.05, 3.63) is 29.8 Å². The van der Waals surface area contributed by atoms with Crippen LogP contribution in [0.1, 0.15) is 19.4 Å². The zero-order valence-corrected chi connectivity index (χ0v) is 8.65. The van der Waals surface area contributed by atoms with Crippen molar-refractivity contribution in [3.63, 3.8) is 0 Å². The van der Waals surface area contributed by atoms with E-state index in [0.717, 1.165) is 4.90 Å². The van der Waals surface area contributed by atoms with Crippen molar-refractivity contribution in [3.8, 4) is 12.3 Å². The molecule has 1 rings (SSSR count). The first-order chi connectivity index (χ1) is 7.06. The highest BCUT2D eigenvalue weighted by Crippen LogP contribution is 2.16. The van der Waals surface area contributed by atoms with Crippen LogP contribution in [0.15, 0.2) is 24.3 Å². The molecular formula is C12H11NO2. The highest BCUT2D eigenvalue weighted by atomic mass is 16.2. The lowest BCUT2D eigenvalue weighted by Crippen LogP contribution is -2.33. The average Bonchev–Trinajstić information content (AvgIpc) is 2.17. The van der Waals surface area contributed by atoms with E-state index in [1.54, 1.807) is 24.3 Å². The Labute approximate surface area is 88.7 Å². The van der Waals surface area contributed by atoms with Gasteiger partial charge >= 0.3 is 0 Å². The van der Waals surface area contributed by atoms with Crippen LogP contribution in [0.4, 0.5) is 5.69 Å². The Kier molecular flexibility index (Phi) is 3.25. The zero-order chi connectivity index (χ0) is 11.4. The van der Waals surface area contributed by atoms with E-state index in [-0.39, 0.29) is 11.8 Å². The summed E-state index contributed by atoms with van der Waals surface area (Å²) in [6.07, 6.45) is 5.23. The van der Waals surface area contributed by atoms with E-state index >= 15 is 0 Å². The molecule has 0 saturated carbocycles. The summed E-state index contributed by atoms with van der Waals surface area (Å²) in [6, 6.07) is 6.75. The summed E-state index contributed by atoms with van der Waals surface area (Å²) in [5.74, 6) is 1.81. The predicted molar refractivity (Wildman–Crippen MR) is 58.2 cm³/mol. The molecule has 76 valence electrons. The van der Waals surface area contributed by atoms with Crippen molar-refractivity contribution in [2.75, 3.05) is 4.90 Å². The van der Waals surface area contributed by atoms with Gasteiger partial charge in [0.25, 0.3) is 0 Å². The van der Waals surface area contributed by atoms with Crippen molar-refractivity contribution in [2.24, 2.45) is 0 Å². The minimum Gasteiger partial charge on any atom is -0.274 e. The molecule has 0 aliphatic heterocycles. The standard InChI is InChI=1S/C12H11NO2/c1-4-11-6-5-7-12(8-11)13(9(2)14)10(3)15/h1,5-8H,2-3H3. The molecule has 0 spiro atoms. The van der Waals surface area contributed by atoms with E-state index in [2.05, 4.69) is 5.92 Å². The fraction of sp³-hybridized carbons (Fsp3) is 0.167. The van der Waals surface area contributed by atoms with Crippen molar-refractivity contribution >= 4 is 17.5 Å². The van der Waals surface area contributed by atoms with Crippen LogP contribution in [-0.2, 0) is 9.59 Å². The van der Waals surface area contributed by atoms with Crippen LogP contribution in [0.5, 0.6) is 0 Å². The normalized spacial score (nSPS) is 9.13. The number of amides is 2. The number of hydrogen-bond acceptors (Lipinski definition) is 2. The van der Waals surface area contributed by atoms with Crippen LogP contribution < -0.4 is 4.90 Å². The molecule has 0 fully saturated rings. The Morgan fingerprint density at radius 3 is 2.33 bits per heavy atom. The molecule has 0 N–H and O–H groups in total. The second-order valence-corrected chi connectivity index (χ2v) is 3.07. The molecule has 0 unspecified atom stereocenters. The summed E-state index contributed by atoms with van der Waals surface area (Å²) in [5, 5.41) is 0. The highest BCUT2D eigenvalue weighted by molar-refractivity contribution is 6.13. The molecule has 1 aromatic carbocycles. The van der Waals surface area contributed by atoms with Gasteiger partial charge in [0.15, 0.2) is 0 Å². The first-order valence-electron chi connectivity index (χ1n) is 4.44. The summed E-state index contributed by atoms with van der Waals surface area (Å²) < 4.78 is 0. The lowest BCUT2D eigenvalue weighted by molar-refractivity contribution is -0.124. The number of benzene rings is 1. The smallest absolute Gasteiger partial charge is 0.230 e. The van der Waals surface area contributed by atoms with Gasteiger partial charge in [0.1, 0.15) is 0 Å². The molecule has 0 heterocycles. The first-order valence-corrected chi connectivity index (χ1v) is 4.44. The van der Waals surface area contributed by atoms with Gasteiger partial charge in [0.05, 0.1) is 5.69 Å².